The first-order valence-electron chi connectivity index (χ1n) is 14.0. The first-order valence-corrected chi connectivity index (χ1v) is 17.1. The molecule has 3 heterocycles. The Hall–Kier alpha value is -3.79. The van der Waals surface area contributed by atoms with Gasteiger partial charge in [-0.05, 0) is 48.4 Å². The fourth-order valence-corrected chi connectivity index (χ4v) is 11.3. The first-order chi connectivity index (χ1) is 19.6. The van der Waals surface area contributed by atoms with E-state index in [9.17, 15) is 14.7 Å². The summed E-state index contributed by atoms with van der Waals surface area (Å²) in [7, 11) is 1.17. The van der Waals surface area contributed by atoms with Crippen molar-refractivity contribution < 1.29 is 19.4 Å². The molecular formula is C32H35N3O5Si. The lowest BCUT2D eigenvalue weighted by atomic mass is 9.82. The van der Waals surface area contributed by atoms with Crippen LogP contribution in [0, 0.1) is 5.92 Å². The third-order valence-electron chi connectivity index (χ3n) is 9.30. The SMILES string of the molecule is COc1ccc([Si](C)(C)[C@H]2[C@H](CCO)O[C@@]3(C(=O)N(C)c4ccc(-n5ncc6ccccc6c5=O)cc43)[C@@H]2C)cc1. The van der Waals surface area contributed by atoms with Crippen LogP contribution < -0.4 is 20.4 Å². The van der Waals surface area contributed by atoms with Gasteiger partial charge < -0.3 is 19.5 Å². The van der Waals surface area contributed by atoms with Crippen molar-refractivity contribution in [3.8, 4) is 11.4 Å². The standard InChI is InChI=1S/C32H35N3O5Si/c1-20-29(41(4,5)24-13-11-23(39-3)12-14-24)28(16-17-36)40-32(20)26-18-22(10-15-27(26)34(2)31(32)38)35-30(37)25-9-7-6-8-21(25)19-33-35/h6-15,18-20,28-29,36H,16-17H2,1-5H3/t20-,28+,29-,32+/m1/s1. The molecule has 1 amide bonds. The fraction of sp³-hybridized carbons (Fsp3) is 0.344. The van der Waals surface area contributed by atoms with Crippen LogP contribution in [-0.2, 0) is 15.1 Å². The molecule has 4 atom stereocenters. The monoisotopic (exact) mass is 569 g/mol. The van der Waals surface area contributed by atoms with Gasteiger partial charge in [0, 0.05) is 30.5 Å². The van der Waals surface area contributed by atoms with E-state index >= 15 is 0 Å². The number of hydrogen-bond donors (Lipinski definition) is 1. The number of nitrogens with zero attached hydrogens (tertiary/aromatic N) is 3. The maximum Gasteiger partial charge on any atom is 0.279 e. The largest absolute Gasteiger partial charge is 0.497 e. The minimum absolute atomic E-state index is 0.0373. The molecule has 1 aromatic heterocycles. The molecule has 0 unspecified atom stereocenters. The molecule has 1 N–H and O–H groups in total. The number of anilines is 1. The number of aliphatic hydroxyl groups excluding tert-OH is 1. The van der Waals surface area contributed by atoms with Crippen LogP contribution in [0.3, 0.4) is 0 Å². The Morgan fingerprint density at radius 1 is 1.07 bits per heavy atom. The number of aromatic nitrogens is 2. The maximum absolute atomic E-state index is 14.2. The summed E-state index contributed by atoms with van der Waals surface area (Å²) in [6.45, 7) is 6.68. The fourth-order valence-electron chi connectivity index (χ4n) is 7.21. The molecule has 2 aliphatic rings. The Balaban J connectivity index is 1.49. The molecular weight excluding hydrogens is 534 g/mol. The average Bonchev–Trinajstić information content (AvgIpc) is 3.39. The van der Waals surface area contributed by atoms with Crippen molar-refractivity contribution in [3.05, 3.63) is 88.8 Å². The van der Waals surface area contributed by atoms with Crippen LogP contribution in [0.4, 0.5) is 5.69 Å². The Labute approximate surface area is 240 Å². The minimum Gasteiger partial charge on any atom is -0.497 e. The number of ether oxygens (including phenoxy) is 2. The predicted molar refractivity (Wildman–Crippen MR) is 162 cm³/mol. The van der Waals surface area contributed by atoms with Gasteiger partial charge in [0.1, 0.15) is 5.75 Å². The predicted octanol–water partition coefficient (Wildman–Crippen LogP) is 3.97. The van der Waals surface area contributed by atoms with E-state index in [-0.39, 0.29) is 35.6 Å². The van der Waals surface area contributed by atoms with Crippen molar-refractivity contribution in [2.75, 3.05) is 25.7 Å². The molecule has 4 aromatic rings. The number of rotatable bonds is 6. The van der Waals surface area contributed by atoms with Gasteiger partial charge in [0.15, 0.2) is 5.60 Å². The normalized spacial score (nSPS) is 23.9. The van der Waals surface area contributed by atoms with Gasteiger partial charge in [-0.2, -0.15) is 9.78 Å². The zero-order chi connectivity index (χ0) is 29.1. The van der Waals surface area contributed by atoms with Crippen molar-refractivity contribution in [2.24, 2.45) is 5.92 Å². The number of carbonyl (C=O) groups excluding carboxylic acids is 1. The van der Waals surface area contributed by atoms with Crippen LogP contribution in [0.5, 0.6) is 5.75 Å². The highest BCUT2D eigenvalue weighted by molar-refractivity contribution is 6.91. The van der Waals surface area contributed by atoms with Crippen molar-refractivity contribution >= 4 is 35.6 Å². The quantitative estimate of drug-likeness (QED) is 0.353. The molecule has 0 saturated carbocycles. The summed E-state index contributed by atoms with van der Waals surface area (Å²) in [4.78, 5) is 29.3. The van der Waals surface area contributed by atoms with E-state index in [2.05, 4.69) is 37.2 Å². The topological polar surface area (TPSA) is 93.9 Å². The van der Waals surface area contributed by atoms with Crippen molar-refractivity contribution in [3.63, 3.8) is 0 Å². The van der Waals surface area contributed by atoms with Gasteiger partial charge in [-0.1, -0.05) is 55.5 Å². The number of carbonyl (C=O) groups is 1. The van der Waals surface area contributed by atoms with E-state index in [0.29, 0.717) is 17.5 Å². The Morgan fingerprint density at radius 3 is 2.51 bits per heavy atom. The minimum atomic E-state index is -2.26. The van der Waals surface area contributed by atoms with Crippen LogP contribution in [0.1, 0.15) is 18.9 Å². The van der Waals surface area contributed by atoms with E-state index in [1.165, 1.54) is 9.87 Å². The van der Waals surface area contributed by atoms with E-state index in [0.717, 1.165) is 22.4 Å². The van der Waals surface area contributed by atoms with Crippen LogP contribution in [0.25, 0.3) is 16.5 Å². The highest BCUT2D eigenvalue weighted by Gasteiger charge is 2.65. The molecule has 0 bridgehead atoms. The van der Waals surface area contributed by atoms with Crippen molar-refractivity contribution in [1.29, 1.82) is 0 Å². The zero-order valence-corrected chi connectivity index (χ0v) is 25.0. The van der Waals surface area contributed by atoms with E-state index in [4.69, 9.17) is 9.47 Å². The highest BCUT2D eigenvalue weighted by atomic mass is 28.3. The summed E-state index contributed by atoms with van der Waals surface area (Å²) in [5, 5.41) is 17.1. The number of aliphatic hydroxyl groups is 1. The number of benzene rings is 3. The lowest BCUT2D eigenvalue weighted by molar-refractivity contribution is -0.145. The molecule has 41 heavy (non-hydrogen) atoms. The maximum atomic E-state index is 14.2. The van der Waals surface area contributed by atoms with Crippen LogP contribution >= 0.6 is 0 Å². The third kappa shape index (κ3) is 3.98. The van der Waals surface area contributed by atoms with Crippen molar-refractivity contribution in [1.82, 2.24) is 9.78 Å². The third-order valence-corrected chi connectivity index (χ3v) is 13.7. The van der Waals surface area contributed by atoms with Gasteiger partial charge in [0.05, 0.1) is 44.2 Å². The van der Waals surface area contributed by atoms with Gasteiger partial charge in [-0.25, -0.2) is 0 Å². The molecule has 9 heteroatoms. The number of methoxy groups -OCH3 is 1. The molecule has 6 rings (SSSR count). The number of hydrogen-bond acceptors (Lipinski definition) is 6. The van der Waals surface area contributed by atoms with Crippen molar-refractivity contribution in [2.45, 2.75) is 43.7 Å². The average molecular weight is 570 g/mol. The molecule has 3 aromatic carbocycles. The Kier molecular flexibility index (Phi) is 6.64. The molecule has 1 spiro atoms. The zero-order valence-electron chi connectivity index (χ0n) is 24.0. The van der Waals surface area contributed by atoms with E-state index in [1.807, 2.05) is 48.5 Å². The second-order valence-corrected chi connectivity index (χ2v) is 16.4. The molecule has 1 saturated heterocycles. The summed E-state index contributed by atoms with van der Waals surface area (Å²) in [5.41, 5.74) is 0.651. The summed E-state index contributed by atoms with van der Waals surface area (Å²) in [5.74, 6) is 0.487. The lowest BCUT2D eigenvalue weighted by Gasteiger charge is -2.37. The summed E-state index contributed by atoms with van der Waals surface area (Å²) in [6.07, 6.45) is 1.80. The molecule has 2 aliphatic heterocycles. The highest BCUT2D eigenvalue weighted by Crippen LogP contribution is 2.59. The molecule has 212 valence electrons. The Morgan fingerprint density at radius 2 is 1.80 bits per heavy atom. The Bertz CT molecular complexity index is 1700. The van der Waals surface area contributed by atoms with E-state index in [1.54, 1.807) is 31.3 Å². The van der Waals surface area contributed by atoms with Crippen LogP contribution in [-0.4, -0.2) is 55.7 Å². The number of likely N-dealkylation sites (N-methyl/N-ethyl adjacent to an activating group) is 1. The molecule has 8 nitrogen and oxygen atoms in total. The van der Waals surface area contributed by atoms with Crippen LogP contribution in [0.2, 0.25) is 18.6 Å². The van der Waals surface area contributed by atoms with Gasteiger partial charge >= 0.3 is 0 Å². The number of amides is 1. The first kappa shape index (κ1) is 27.4. The van der Waals surface area contributed by atoms with Crippen LogP contribution in [0.15, 0.2) is 77.7 Å². The van der Waals surface area contributed by atoms with Gasteiger partial charge in [-0.3, -0.25) is 9.59 Å². The molecule has 0 aliphatic carbocycles. The van der Waals surface area contributed by atoms with E-state index < -0.39 is 13.7 Å². The summed E-state index contributed by atoms with van der Waals surface area (Å²) >= 11 is 0. The molecule has 0 radical (unpaired) electrons. The summed E-state index contributed by atoms with van der Waals surface area (Å²) in [6, 6.07) is 21.1. The summed E-state index contributed by atoms with van der Waals surface area (Å²) < 4.78 is 13.7. The molecule has 1 fully saturated rings. The van der Waals surface area contributed by atoms with Gasteiger partial charge in [0.2, 0.25) is 0 Å². The second kappa shape index (κ2) is 9.94. The number of fused-ring (bicyclic) bond motifs is 3. The van der Waals surface area contributed by atoms with Gasteiger partial charge in [0.25, 0.3) is 11.5 Å². The second-order valence-electron chi connectivity index (χ2n) is 11.7. The lowest BCUT2D eigenvalue weighted by Crippen LogP contribution is -2.51. The smallest absolute Gasteiger partial charge is 0.279 e. The van der Waals surface area contributed by atoms with Gasteiger partial charge in [-0.15, -0.1) is 0 Å².